The fourth-order valence-electron chi connectivity index (χ4n) is 1.65. The van der Waals surface area contributed by atoms with Gasteiger partial charge in [-0.3, -0.25) is 4.99 Å². The first-order valence-electron chi connectivity index (χ1n) is 6.35. The molecule has 0 fully saturated rings. The van der Waals surface area contributed by atoms with Crippen molar-refractivity contribution in [3.8, 4) is 0 Å². The Morgan fingerprint density at radius 2 is 2.10 bits per heavy atom. The molecule has 1 rings (SSSR count). The molecule has 0 aliphatic rings. The van der Waals surface area contributed by atoms with Crippen LogP contribution in [0.4, 0.5) is 0 Å². The average Bonchev–Trinajstić information content (AvgIpc) is 2.64. The zero-order valence-corrected chi connectivity index (χ0v) is 13.9. The number of thiophene rings is 1. The van der Waals surface area contributed by atoms with Crippen molar-refractivity contribution in [2.45, 2.75) is 38.6 Å². The number of sulfonamides is 1. The molecule has 0 atom stereocenters. The van der Waals surface area contributed by atoms with Crippen molar-refractivity contribution in [2.75, 3.05) is 13.1 Å². The molecule has 6 nitrogen and oxygen atoms in total. The number of nitrogens with zero attached hydrogens (tertiary/aromatic N) is 1. The zero-order valence-electron chi connectivity index (χ0n) is 12.2. The molecule has 0 spiro atoms. The molecule has 1 heterocycles. The Morgan fingerprint density at radius 3 is 2.60 bits per heavy atom. The second kappa shape index (κ2) is 7.05. The van der Waals surface area contributed by atoms with E-state index in [9.17, 15) is 8.42 Å². The quantitative estimate of drug-likeness (QED) is 0.413. The van der Waals surface area contributed by atoms with Gasteiger partial charge in [0.25, 0.3) is 0 Å². The van der Waals surface area contributed by atoms with Gasteiger partial charge in [-0.2, -0.15) is 0 Å². The first-order chi connectivity index (χ1) is 9.22. The molecule has 0 aromatic carbocycles. The Balaban J connectivity index is 2.55. The Hall–Kier alpha value is -1.12. The minimum atomic E-state index is -3.46. The molecule has 1 aromatic heterocycles. The molecule has 0 aliphatic heterocycles. The van der Waals surface area contributed by atoms with Crippen molar-refractivity contribution in [2.24, 2.45) is 10.7 Å². The van der Waals surface area contributed by atoms with E-state index in [0.717, 1.165) is 9.75 Å². The van der Waals surface area contributed by atoms with Gasteiger partial charge in [0.05, 0.1) is 11.4 Å². The Bertz CT molecular complexity index is 576. The molecule has 0 bridgehead atoms. The molecule has 4 N–H and O–H groups in total. The van der Waals surface area contributed by atoms with Crippen molar-refractivity contribution < 1.29 is 8.42 Å². The van der Waals surface area contributed by atoms with E-state index in [1.54, 1.807) is 13.0 Å². The van der Waals surface area contributed by atoms with Crippen LogP contribution in [0.5, 0.6) is 0 Å². The van der Waals surface area contributed by atoms with Gasteiger partial charge < -0.3 is 11.1 Å². The van der Waals surface area contributed by atoms with Gasteiger partial charge >= 0.3 is 0 Å². The second-order valence-electron chi connectivity index (χ2n) is 4.74. The lowest BCUT2D eigenvalue weighted by molar-refractivity contribution is 0.582. The molecule has 8 heteroatoms. The maximum atomic E-state index is 12.1. The molecule has 0 saturated heterocycles. The summed E-state index contributed by atoms with van der Waals surface area (Å²) in [6, 6.07) is 1.88. The van der Waals surface area contributed by atoms with Gasteiger partial charge in [-0.1, -0.05) is 0 Å². The number of aliphatic imine (C=N–C) groups is 1. The lowest BCUT2D eigenvalue weighted by Crippen LogP contribution is -2.37. The molecule has 1 aromatic rings. The highest BCUT2D eigenvalue weighted by atomic mass is 32.2. The van der Waals surface area contributed by atoms with Gasteiger partial charge in [0.2, 0.25) is 10.0 Å². The van der Waals surface area contributed by atoms with Crippen LogP contribution in [0.25, 0.3) is 0 Å². The summed E-state index contributed by atoms with van der Waals surface area (Å²) in [5.41, 5.74) is 5.63. The molecule has 0 amide bonds. The van der Waals surface area contributed by atoms with Crippen LogP contribution in [0, 0.1) is 13.8 Å². The highest BCUT2D eigenvalue weighted by Crippen LogP contribution is 2.24. The molecular weight excluding hydrogens is 296 g/mol. The minimum absolute atomic E-state index is 0.201. The SMILES string of the molecule is Cc1cc(S(=O)(=O)NCCN=C(N)NC(C)C)c(C)s1. The summed E-state index contributed by atoms with van der Waals surface area (Å²) in [7, 11) is -3.46. The number of nitrogens with one attached hydrogen (secondary N) is 2. The third kappa shape index (κ3) is 5.10. The van der Waals surface area contributed by atoms with Gasteiger partial charge in [0.1, 0.15) is 0 Å². The summed E-state index contributed by atoms with van der Waals surface area (Å²) < 4.78 is 26.7. The molecule has 114 valence electrons. The van der Waals surface area contributed by atoms with E-state index in [1.807, 2.05) is 20.8 Å². The first kappa shape index (κ1) is 16.9. The molecule has 20 heavy (non-hydrogen) atoms. The Morgan fingerprint density at radius 1 is 1.45 bits per heavy atom. The van der Waals surface area contributed by atoms with E-state index in [4.69, 9.17) is 5.73 Å². The van der Waals surface area contributed by atoms with E-state index < -0.39 is 10.0 Å². The summed E-state index contributed by atoms with van der Waals surface area (Å²) >= 11 is 1.47. The van der Waals surface area contributed by atoms with Gasteiger partial charge in [-0.15, -0.1) is 11.3 Å². The van der Waals surface area contributed by atoms with Crippen molar-refractivity contribution >= 4 is 27.3 Å². The highest BCUT2D eigenvalue weighted by molar-refractivity contribution is 7.89. The number of nitrogens with two attached hydrogens (primary N) is 1. The van der Waals surface area contributed by atoms with Crippen molar-refractivity contribution in [3.05, 3.63) is 15.8 Å². The van der Waals surface area contributed by atoms with E-state index in [2.05, 4.69) is 15.0 Å². The van der Waals surface area contributed by atoms with Crippen LogP contribution in [0.1, 0.15) is 23.6 Å². The summed E-state index contributed by atoms with van der Waals surface area (Å²) in [4.78, 5) is 6.16. The largest absolute Gasteiger partial charge is 0.370 e. The van der Waals surface area contributed by atoms with Crippen LogP contribution in [0.3, 0.4) is 0 Å². The first-order valence-corrected chi connectivity index (χ1v) is 8.65. The fourth-order valence-corrected chi connectivity index (χ4v) is 4.22. The van der Waals surface area contributed by atoms with Crippen molar-refractivity contribution in [3.63, 3.8) is 0 Å². The van der Waals surface area contributed by atoms with E-state index in [1.165, 1.54) is 11.3 Å². The number of aryl methyl sites for hydroxylation is 2. The predicted octanol–water partition coefficient (Wildman–Crippen LogP) is 0.956. The van der Waals surface area contributed by atoms with Crippen molar-refractivity contribution in [1.82, 2.24) is 10.0 Å². The average molecular weight is 318 g/mol. The fraction of sp³-hybridized carbons (Fsp3) is 0.583. The molecule has 0 saturated carbocycles. The second-order valence-corrected chi connectivity index (χ2v) is 7.94. The monoisotopic (exact) mass is 318 g/mol. The van der Waals surface area contributed by atoms with Gasteiger partial charge in [0, 0.05) is 22.3 Å². The lowest BCUT2D eigenvalue weighted by Gasteiger charge is -2.09. The van der Waals surface area contributed by atoms with Crippen LogP contribution in [-0.4, -0.2) is 33.5 Å². The van der Waals surface area contributed by atoms with Crippen LogP contribution < -0.4 is 15.8 Å². The van der Waals surface area contributed by atoms with Gasteiger partial charge in [0.15, 0.2) is 5.96 Å². The number of hydrogen-bond donors (Lipinski definition) is 3. The molecule has 0 aliphatic carbocycles. The van der Waals surface area contributed by atoms with Gasteiger partial charge in [-0.05, 0) is 33.8 Å². The summed E-state index contributed by atoms with van der Waals surface area (Å²) in [5.74, 6) is 0.321. The Kier molecular flexibility index (Phi) is 5.97. The predicted molar refractivity (Wildman–Crippen MR) is 83.7 cm³/mol. The summed E-state index contributed by atoms with van der Waals surface area (Å²) in [5, 5.41) is 2.94. The molecular formula is C12H22N4O2S2. The number of guanidine groups is 1. The third-order valence-corrected chi connectivity index (χ3v) is 5.09. The molecule has 0 radical (unpaired) electrons. The maximum Gasteiger partial charge on any atom is 0.241 e. The number of hydrogen-bond acceptors (Lipinski definition) is 4. The normalized spacial score (nSPS) is 12.9. The summed E-state index contributed by atoms with van der Waals surface area (Å²) in [6.07, 6.45) is 0. The van der Waals surface area contributed by atoms with Crippen LogP contribution in [0.15, 0.2) is 16.0 Å². The highest BCUT2D eigenvalue weighted by Gasteiger charge is 2.18. The van der Waals surface area contributed by atoms with E-state index >= 15 is 0 Å². The molecule has 0 unspecified atom stereocenters. The van der Waals surface area contributed by atoms with Crippen LogP contribution in [0.2, 0.25) is 0 Å². The maximum absolute atomic E-state index is 12.1. The van der Waals surface area contributed by atoms with E-state index in [-0.39, 0.29) is 12.6 Å². The number of rotatable bonds is 6. The third-order valence-electron chi connectivity index (χ3n) is 2.41. The van der Waals surface area contributed by atoms with Gasteiger partial charge in [-0.25, -0.2) is 13.1 Å². The Labute approximate surface area is 124 Å². The lowest BCUT2D eigenvalue weighted by atomic mass is 10.4. The summed E-state index contributed by atoms with van der Waals surface area (Å²) in [6.45, 7) is 8.11. The topological polar surface area (TPSA) is 96.6 Å². The van der Waals surface area contributed by atoms with Crippen molar-refractivity contribution in [1.29, 1.82) is 0 Å². The van der Waals surface area contributed by atoms with Crippen LogP contribution in [-0.2, 0) is 10.0 Å². The smallest absolute Gasteiger partial charge is 0.241 e. The van der Waals surface area contributed by atoms with Crippen LogP contribution >= 0.6 is 11.3 Å². The van der Waals surface area contributed by atoms with E-state index in [0.29, 0.717) is 17.4 Å². The standard InChI is InChI=1S/C12H22N4O2S2/c1-8(2)16-12(13)14-5-6-15-20(17,18)11-7-9(3)19-10(11)4/h7-8,15H,5-6H2,1-4H3,(H3,13,14,16). The zero-order chi connectivity index (χ0) is 15.3. The minimum Gasteiger partial charge on any atom is -0.370 e.